The Morgan fingerprint density at radius 2 is 1.68 bits per heavy atom. The van der Waals surface area contributed by atoms with Gasteiger partial charge in [-0.25, -0.2) is 8.42 Å². The molecule has 0 atom stereocenters. The maximum atomic E-state index is 12.8. The Kier molecular flexibility index (Phi) is 6.16. The van der Waals surface area contributed by atoms with Crippen LogP contribution in [0.15, 0.2) is 64.9 Å². The number of thiophene rings is 1. The second-order valence-electron chi connectivity index (χ2n) is 6.42. The van der Waals surface area contributed by atoms with Crippen molar-refractivity contribution in [2.24, 2.45) is 0 Å². The third-order valence-corrected chi connectivity index (χ3v) is 6.49. The summed E-state index contributed by atoms with van der Waals surface area (Å²) in [6.45, 7) is 3.54. The number of amides is 1. The van der Waals surface area contributed by atoms with Crippen molar-refractivity contribution in [3.05, 3.63) is 65.5 Å². The lowest BCUT2D eigenvalue weighted by Crippen LogP contribution is -2.13. The van der Waals surface area contributed by atoms with Crippen LogP contribution in [-0.2, 0) is 21.2 Å². The maximum Gasteiger partial charge on any atom is 0.261 e. The molecule has 0 saturated heterocycles. The molecule has 28 heavy (non-hydrogen) atoms. The lowest BCUT2D eigenvalue weighted by atomic mass is 10.1. The number of carbonyl (C=O) groups excluding carboxylic acids is 1. The molecule has 1 amide bonds. The van der Waals surface area contributed by atoms with E-state index in [1.807, 2.05) is 29.6 Å². The lowest BCUT2D eigenvalue weighted by Gasteiger charge is -2.10. The molecule has 0 saturated carbocycles. The van der Waals surface area contributed by atoms with Crippen LogP contribution in [0.1, 0.15) is 25.8 Å². The van der Waals surface area contributed by atoms with E-state index in [2.05, 4.69) is 17.0 Å². The molecule has 0 spiro atoms. The van der Waals surface area contributed by atoms with E-state index in [9.17, 15) is 13.2 Å². The first-order valence-corrected chi connectivity index (χ1v) is 11.3. The molecule has 0 fully saturated rings. The largest absolute Gasteiger partial charge is 0.326 e. The summed E-state index contributed by atoms with van der Waals surface area (Å²) in [4.78, 5) is 12.2. The van der Waals surface area contributed by atoms with Gasteiger partial charge in [0.15, 0.2) is 0 Å². The zero-order valence-electron chi connectivity index (χ0n) is 15.7. The topological polar surface area (TPSA) is 75.3 Å². The molecular formula is C21H22N2O3S2. The van der Waals surface area contributed by atoms with Crippen molar-refractivity contribution < 1.29 is 13.2 Å². The molecule has 7 heteroatoms. The van der Waals surface area contributed by atoms with Gasteiger partial charge in [-0.3, -0.25) is 9.52 Å². The monoisotopic (exact) mass is 414 g/mol. The molecule has 2 aromatic carbocycles. The minimum atomic E-state index is -3.67. The molecule has 1 heterocycles. The zero-order chi connectivity index (χ0) is 20.1. The number of anilines is 2. The highest BCUT2D eigenvalue weighted by atomic mass is 32.2. The van der Waals surface area contributed by atoms with Crippen LogP contribution in [0.5, 0.6) is 0 Å². The maximum absolute atomic E-state index is 12.8. The SMILES string of the molecule is CCCc1ccc(S(=O)(=O)Nc2ccsc2-c2ccc(NC(C)=O)cc2)cc1. The second-order valence-corrected chi connectivity index (χ2v) is 9.02. The van der Waals surface area contributed by atoms with Crippen molar-refractivity contribution in [3.63, 3.8) is 0 Å². The lowest BCUT2D eigenvalue weighted by molar-refractivity contribution is -0.114. The van der Waals surface area contributed by atoms with E-state index in [1.165, 1.54) is 18.3 Å². The number of hydrogen-bond acceptors (Lipinski definition) is 4. The molecule has 0 aliphatic rings. The van der Waals surface area contributed by atoms with Gasteiger partial charge in [-0.05, 0) is 53.3 Å². The van der Waals surface area contributed by atoms with Crippen LogP contribution in [0.2, 0.25) is 0 Å². The van der Waals surface area contributed by atoms with Crippen LogP contribution in [0.3, 0.4) is 0 Å². The van der Waals surface area contributed by atoms with E-state index >= 15 is 0 Å². The van der Waals surface area contributed by atoms with Crippen molar-refractivity contribution in [2.45, 2.75) is 31.6 Å². The summed E-state index contributed by atoms with van der Waals surface area (Å²) in [6, 6.07) is 16.0. The normalized spacial score (nSPS) is 11.2. The number of hydrogen-bond donors (Lipinski definition) is 2. The minimum Gasteiger partial charge on any atom is -0.326 e. The van der Waals surface area contributed by atoms with Crippen molar-refractivity contribution >= 4 is 38.6 Å². The predicted molar refractivity (Wildman–Crippen MR) is 115 cm³/mol. The molecule has 5 nitrogen and oxygen atoms in total. The Hall–Kier alpha value is -2.64. The van der Waals surface area contributed by atoms with Gasteiger partial charge in [-0.1, -0.05) is 37.6 Å². The highest BCUT2D eigenvalue weighted by Gasteiger charge is 2.17. The van der Waals surface area contributed by atoms with Gasteiger partial charge in [0.2, 0.25) is 5.91 Å². The van der Waals surface area contributed by atoms with Crippen molar-refractivity contribution in [2.75, 3.05) is 10.0 Å². The van der Waals surface area contributed by atoms with Crippen molar-refractivity contribution in [1.82, 2.24) is 0 Å². The van der Waals surface area contributed by atoms with Crippen LogP contribution < -0.4 is 10.0 Å². The van der Waals surface area contributed by atoms with Crippen molar-refractivity contribution in [3.8, 4) is 10.4 Å². The minimum absolute atomic E-state index is 0.137. The Balaban J connectivity index is 1.82. The van der Waals surface area contributed by atoms with E-state index < -0.39 is 10.0 Å². The second kappa shape index (κ2) is 8.58. The Morgan fingerprint density at radius 3 is 2.29 bits per heavy atom. The molecule has 146 valence electrons. The van der Waals surface area contributed by atoms with Gasteiger partial charge < -0.3 is 5.32 Å². The van der Waals surface area contributed by atoms with Crippen LogP contribution in [0, 0.1) is 0 Å². The summed E-state index contributed by atoms with van der Waals surface area (Å²) in [5.41, 5.74) is 3.23. The molecule has 0 radical (unpaired) electrons. The first-order valence-electron chi connectivity index (χ1n) is 8.96. The fourth-order valence-electron chi connectivity index (χ4n) is 2.85. The first kappa shape index (κ1) is 20.1. The highest BCUT2D eigenvalue weighted by Crippen LogP contribution is 2.35. The molecule has 0 unspecified atom stereocenters. The van der Waals surface area contributed by atoms with Gasteiger partial charge >= 0.3 is 0 Å². The predicted octanol–water partition coefficient (Wildman–Crippen LogP) is 5.13. The van der Waals surface area contributed by atoms with Gasteiger partial charge in [-0.2, -0.15) is 0 Å². The van der Waals surface area contributed by atoms with E-state index in [-0.39, 0.29) is 10.8 Å². The van der Waals surface area contributed by atoms with E-state index in [4.69, 9.17) is 0 Å². The van der Waals surface area contributed by atoms with Crippen LogP contribution in [0.25, 0.3) is 10.4 Å². The number of rotatable bonds is 7. The first-order chi connectivity index (χ1) is 13.4. The van der Waals surface area contributed by atoms with Gasteiger partial charge in [0.1, 0.15) is 0 Å². The standard InChI is InChI=1S/C21H22N2O3S2/c1-3-4-16-5-11-19(12-6-16)28(25,26)23-20-13-14-27-21(20)17-7-9-18(10-8-17)22-15(2)24/h5-14,23H,3-4H2,1-2H3,(H,22,24). The zero-order valence-corrected chi connectivity index (χ0v) is 17.4. The summed E-state index contributed by atoms with van der Waals surface area (Å²) in [5.74, 6) is -0.137. The molecule has 3 aromatic rings. The summed E-state index contributed by atoms with van der Waals surface area (Å²) >= 11 is 1.45. The summed E-state index contributed by atoms with van der Waals surface area (Å²) < 4.78 is 28.2. The number of carbonyl (C=O) groups is 1. The molecule has 0 aliphatic carbocycles. The van der Waals surface area contributed by atoms with E-state index in [0.717, 1.165) is 28.8 Å². The fourth-order valence-corrected chi connectivity index (χ4v) is 4.84. The molecule has 2 N–H and O–H groups in total. The Labute approximate surface area is 169 Å². The number of nitrogens with one attached hydrogen (secondary N) is 2. The fraction of sp³-hybridized carbons (Fsp3) is 0.190. The van der Waals surface area contributed by atoms with Gasteiger partial charge in [0.25, 0.3) is 10.0 Å². The van der Waals surface area contributed by atoms with Gasteiger partial charge in [0.05, 0.1) is 15.5 Å². The van der Waals surface area contributed by atoms with E-state index in [0.29, 0.717) is 11.4 Å². The number of benzene rings is 2. The Bertz CT molecular complexity index is 1050. The van der Waals surface area contributed by atoms with Crippen LogP contribution >= 0.6 is 11.3 Å². The Morgan fingerprint density at radius 1 is 1.00 bits per heavy atom. The van der Waals surface area contributed by atoms with Crippen LogP contribution in [0.4, 0.5) is 11.4 Å². The quantitative estimate of drug-likeness (QED) is 0.563. The highest BCUT2D eigenvalue weighted by molar-refractivity contribution is 7.92. The van der Waals surface area contributed by atoms with Gasteiger partial charge in [-0.15, -0.1) is 11.3 Å². The van der Waals surface area contributed by atoms with Gasteiger partial charge in [0, 0.05) is 12.6 Å². The summed E-state index contributed by atoms with van der Waals surface area (Å²) in [5, 5.41) is 4.56. The third kappa shape index (κ3) is 4.79. The molecule has 0 aliphatic heterocycles. The average Bonchev–Trinajstić information content (AvgIpc) is 3.10. The number of sulfonamides is 1. The molecule has 1 aromatic heterocycles. The summed E-state index contributed by atoms with van der Waals surface area (Å²) in [7, 11) is -3.67. The smallest absolute Gasteiger partial charge is 0.261 e. The van der Waals surface area contributed by atoms with E-state index in [1.54, 1.807) is 30.3 Å². The molecule has 0 bridgehead atoms. The molecular weight excluding hydrogens is 392 g/mol. The molecule has 3 rings (SSSR count). The average molecular weight is 415 g/mol. The number of aryl methyl sites for hydroxylation is 1. The third-order valence-electron chi connectivity index (χ3n) is 4.15. The van der Waals surface area contributed by atoms with Crippen molar-refractivity contribution in [1.29, 1.82) is 0 Å². The summed E-state index contributed by atoms with van der Waals surface area (Å²) in [6.07, 6.45) is 1.94. The van der Waals surface area contributed by atoms with Crippen LogP contribution in [-0.4, -0.2) is 14.3 Å².